The van der Waals surface area contributed by atoms with Crippen LogP contribution in [0.3, 0.4) is 0 Å². The monoisotopic (exact) mass is 312 g/mol. The van der Waals surface area contributed by atoms with E-state index in [1.54, 1.807) is 17.3 Å². The highest BCUT2D eigenvalue weighted by Crippen LogP contribution is 2.22. The molecule has 0 saturated heterocycles. The highest BCUT2D eigenvalue weighted by atomic mass is 16.2. The first kappa shape index (κ1) is 16.9. The van der Waals surface area contributed by atoms with Gasteiger partial charge in [-0.05, 0) is 45.4 Å². The number of rotatable bonds is 6. The lowest BCUT2D eigenvalue weighted by Crippen LogP contribution is -2.30. The summed E-state index contributed by atoms with van der Waals surface area (Å²) in [6, 6.07) is 8.21. The van der Waals surface area contributed by atoms with Gasteiger partial charge in [0.05, 0.1) is 5.56 Å². The first-order valence-corrected chi connectivity index (χ1v) is 8.06. The van der Waals surface area contributed by atoms with Gasteiger partial charge in [0.25, 0.3) is 5.91 Å². The molecule has 0 fully saturated rings. The van der Waals surface area contributed by atoms with Gasteiger partial charge in [0.1, 0.15) is 0 Å². The zero-order chi connectivity index (χ0) is 16.8. The van der Waals surface area contributed by atoms with E-state index in [-0.39, 0.29) is 5.91 Å². The van der Waals surface area contributed by atoms with Crippen LogP contribution in [0.4, 0.5) is 11.6 Å². The Morgan fingerprint density at radius 2 is 1.70 bits per heavy atom. The van der Waals surface area contributed by atoms with Crippen molar-refractivity contribution in [3.05, 3.63) is 47.8 Å². The molecule has 0 unspecified atom stereocenters. The molecule has 0 aliphatic carbocycles. The molecule has 5 nitrogen and oxygen atoms in total. The van der Waals surface area contributed by atoms with E-state index in [1.165, 1.54) is 5.56 Å². The van der Waals surface area contributed by atoms with Crippen molar-refractivity contribution in [1.29, 1.82) is 0 Å². The molecule has 23 heavy (non-hydrogen) atoms. The number of hydrogen-bond acceptors (Lipinski definition) is 4. The molecule has 122 valence electrons. The summed E-state index contributed by atoms with van der Waals surface area (Å²) in [5, 5.41) is 0. The molecule has 2 rings (SSSR count). The summed E-state index contributed by atoms with van der Waals surface area (Å²) in [4.78, 5) is 24.9. The van der Waals surface area contributed by atoms with Crippen LogP contribution in [0.15, 0.2) is 36.7 Å². The van der Waals surface area contributed by atoms with Crippen molar-refractivity contribution in [3.63, 3.8) is 0 Å². The Bertz CT molecular complexity index is 650. The minimum atomic E-state index is -0.0276. The topological polar surface area (TPSA) is 49.3 Å². The molecular weight excluding hydrogens is 288 g/mol. The second-order valence-corrected chi connectivity index (χ2v) is 5.33. The second-order valence-electron chi connectivity index (χ2n) is 5.33. The maximum absolute atomic E-state index is 12.3. The fourth-order valence-electron chi connectivity index (χ4n) is 2.50. The van der Waals surface area contributed by atoms with E-state index in [0.29, 0.717) is 24.6 Å². The lowest BCUT2D eigenvalue weighted by Gasteiger charge is -2.22. The summed E-state index contributed by atoms with van der Waals surface area (Å²) in [5.41, 5.74) is 2.77. The van der Waals surface area contributed by atoms with Crippen LogP contribution in [-0.4, -0.2) is 40.4 Å². The van der Waals surface area contributed by atoms with Gasteiger partial charge in [-0.25, -0.2) is 9.97 Å². The molecule has 0 saturated carbocycles. The molecule has 2 aromatic rings. The maximum atomic E-state index is 12.3. The predicted molar refractivity (Wildman–Crippen MR) is 93.1 cm³/mol. The third-order valence-electron chi connectivity index (χ3n) is 3.81. The van der Waals surface area contributed by atoms with Crippen LogP contribution >= 0.6 is 0 Å². The fourth-order valence-corrected chi connectivity index (χ4v) is 2.50. The largest absolute Gasteiger partial charge is 0.339 e. The van der Waals surface area contributed by atoms with Gasteiger partial charge in [-0.15, -0.1) is 0 Å². The van der Waals surface area contributed by atoms with Gasteiger partial charge in [-0.1, -0.05) is 12.1 Å². The summed E-state index contributed by atoms with van der Waals surface area (Å²) >= 11 is 0. The molecule has 0 spiro atoms. The molecule has 1 heterocycles. The van der Waals surface area contributed by atoms with E-state index in [2.05, 4.69) is 35.9 Å². The van der Waals surface area contributed by atoms with Crippen molar-refractivity contribution >= 4 is 17.5 Å². The number of amides is 1. The molecule has 0 N–H and O–H groups in total. The predicted octanol–water partition coefficient (Wildman–Crippen LogP) is 3.43. The molecule has 0 bridgehead atoms. The number of benzene rings is 1. The van der Waals surface area contributed by atoms with E-state index in [9.17, 15) is 4.79 Å². The van der Waals surface area contributed by atoms with Crippen molar-refractivity contribution in [2.45, 2.75) is 27.7 Å². The van der Waals surface area contributed by atoms with Crippen LogP contribution in [0.25, 0.3) is 0 Å². The van der Waals surface area contributed by atoms with Gasteiger partial charge in [0.15, 0.2) is 0 Å². The minimum absolute atomic E-state index is 0.0276. The Labute approximate surface area is 138 Å². The quantitative estimate of drug-likeness (QED) is 0.820. The van der Waals surface area contributed by atoms with Gasteiger partial charge in [0.2, 0.25) is 5.95 Å². The minimum Gasteiger partial charge on any atom is -0.339 e. The van der Waals surface area contributed by atoms with E-state index in [4.69, 9.17) is 0 Å². The van der Waals surface area contributed by atoms with E-state index in [0.717, 1.165) is 12.2 Å². The molecule has 1 aromatic carbocycles. The maximum Gasteiger partial charge on any atom is 0.256 e. The number of carbonyl (C=O) groups excluding carboxylic acids is 1. The van der Waals surface area contributed by atoms with Crippen molar-refractivity contribution in [1.82, 2.24) is 14.9 Å². The molecule has 1 amide bonds. The summed E-state index contributed by atoms with van der Waals surface area (Å²) < 4.78 is 0. The molecule has 0 atom stereocenters. The van der Waals surface area contributed by atoms with Crippen LogP contribution in [0, 0.1) is 6.92 Å². The highest BCUT2D eigenvalue weighted by Gasteiger charge is 2.15. The summed E-state index contributed by atoms with van der Waals surface area (Å²) in [6.07, 6.45) is 3.23. The molecule has 0 radical (unpaired) electrons. The first-order valence-electron chi connectivity index (χ1n) is 8.06. The zero-order valence-corrected chi connectivity index (χ0v) is 14.3. The summed E-state index contributed by atoms with van der Waals surface area (Å²) in [6.45, 7) is 10.2. The average Bonchev–Trinajstić information content (AvgIpc) is 2.57. The van der Waals surface area contributed by atoms with Crippen LogP contribution < -0.4 is 4.90 Å². The zero-order valence-electron chi connectivity index (χ0n) is 14.3. The smallest absolute Gasteiger partial charge is 0.256 e. The summed E-state index contributed by atoms with van der Waals surface area (Å²) in [7, 11) is 0. The highest BCUT2D eigenvalue weighted by molar-refractivity contribution is 5.93. The average molecular weight is 312 g/mol. The van der Waals surface area contributed by atoms with E-state index >= 15 is 0 Å². The molecule has 1 aromatic heterocycles. The SMILES string of the molecule is CCN(CC)C(=O)c1cnc(N(CC)c2cccc(C)c2)nc1. The number of carbonyl (C=O) groups is 1. The number of aryl methyl sites for hydroxylation is 1. The van der Waals surface area contributed by atoms with Crippen LogP contribution in [0.2, 0.25) is 0 Å². The number of aromatic nitrogens is 2. The van der Waals surface area contributed by atoms with Crippen LogP contribution in [0.1, 0.15) is 36.7 Å². The Morgan fingerprint density at radius 3 is 2.22 bits per heavy atom. The Hall–Kier alpha value is -2.43. The standard InChI is InChI=1S/C18H24N4O/c1-5-21(6-2)17(23)15-12-19-18(20-13-15)22(7-3)16-10-8-9-14(4)11-16/h8-13H,5-7H2,1-4H3. The van der Waals surface area contributed by atoms with Crippen LogP contribution in [0.5, 0.6) is 0 Å². The lowest BCUT2D eigenvalue weighted by atomic mass is 10.2. The van der Waals surface area contributed by atoms with E-state index < -0.39 is 0 Å². The number of hydrogen-bond donors (Lipinski definition) is 0. The van der Waals surface area contributed by atoms with E-state index in [1.807, 2.05) is 30.9 Å². The molecule has 0 aliphatic rings. The normalized spacial score (nSPS) is 10.4. The Morgan fingerprint density at radius 1 is 1.04 bits per heavy atom. The Kier molecular flexibility index (Phi) is 5.68. The third-order valence-corrected chi connectivity index (χ3v) is 3.81. The fraction of sp³-hybridized carbons (Fsp3) is 0.389. The number of anilines is 2. The van der Waals surface area contributed by atoms with Gasteiger partial charge in [0, 0.05) is 37.7 Å². The molecule has 0 aliphatic heterocycles. The molecule has 5 heteroatoms. The van der Waals surface area contributed by atoms with Crippen LogP contribution in [-0.2, 0) is 0 Å². The van der Waals surface area contributed by atoms with Crippen molar-refractivity contribution in [3.8, 4) is 0 Å². The Balaban J connectivity index is 2.25. The first-order chi connectivity index (χ1) is 11.1. The second kappa shape index (κ2) is 7.72. The van der Waals surface area contributed by atoms with Crippen molar-refractivity contribution < 1.29 is 4.79 Å². The lowest BCUT2D eigenvalue weighted by molar-refractivity contribution is 0.0772. The summed E-state index contributed by atoms with van der Waals surface area (Å²) in [5.74, 6) is 0.578. The van der Waals surface area contributed by atoms with Gasteiger partial charge in [-0.3, -0.25) is 4.79 Å². The number of nitrogens with zero attached hydrogens (tertiary/aromatic N) is 4. The third kappa shape index (κ3) is 3.86. The van der Waals surface area contributed by atoms with Crippen molar-refractivity contribution in [2.75, 3.05) is 24.5 Å². The van der Waals surface area contributed by atoms with Crippen molar-refractivity contribution in [2.24, 2.45) is 0 Å². The van der Waals surface area contributed by atoms with Gasteiger partial charge in [-0.2, -0.15) is 0 Å². The van der Waals surface area contributed by atoms with Gasteiger partial charge >= 0.3 is 0 Å². The van der Waals surface area contributed by atoms with Gasteiger partial charge < -0.3 is 9.80 Å². The molecular formula is C18H24N4O.